The lowest BCUT2D eigenvalue weighted by molar-refractivity contribution is -0.141. The van der Waals surface area contributed by atoms with Crippen molar-refractivity contribution >= 4 is 41.4 Å². The SMILES string of the molecule is O=C(O)CCC(NC(=O)NO)C(=O)O.O=C(O)CCCCCNC(=O)c1ccc(NC(=O)c2ccc(F)nc2)cc1. The number of amides is 4. The van der Waals surface area contributed by atoms with Crippen LogP contribution in [0.4, 0.5) is 14.9 Å². The van der Waals surface area contributed by atoms with Crippen molar-refractivity contribution in [2.24, 2.45) is 0 Å². The van der Waals surface area contributed by atoms with Crippen LogP contribution in [0.3, 0.4) is 0 Å². The number of carboxylic acids is 3. The van der Waals surface area contributed by atoms with E-state index in [0.29, 0.717) is 30.6 Å². The Morgan fingerprint density at radius 2 is 1.44 bits per heavy atom. The van der Waals surface area contributed by atoms with Crippen LogP contribution in [0.5, 0.6) is 0 Å². The van der Waals surface area contributed by atoms with Gasteiger partial charge in [0.2, 0.25) is 5.95 Å². The van der Waals surface area contributed by atoms with Crippen LogP contribution in [0.1, 0.15) is 59.2 Å². The van der Waals surface area contributed by atoms with Crippen LogP contribution >= 0.6 is 0 Å². The molecule has 1 aromatic heterocycles. The van der Waals surface area contributed by atoms with Crippen molar-refractivity contribution in [2.75, 3.05) is 11.9 Å². The van der Waals surface area contributed by atoms with E-state index in [4.69, 9.17) is 20.5 Å². The highest BCUT2D eigenvalue weighted by Crippen LogP contribution is 2.12. The average molecular weight is 580 g/mol. The van der Waals surface area contributed by atoms with E-state index in [2.05, 4.69) is 15.6 Å². The molecule has 41 heavy (non-hydrogen) atoms. The van der Waals surface area contributed by atoms with Crippen LogP contribution in [-0.4, -0.2) is 73.9 Å². The predicted molar refractivity (Wildman–Crippen MR) is 139 cm³/mol. The molecule has 2 aromatic rings. The molecular formula is C25H30FN5O10. The van der Waals surface area contributed by atoms with Gasteiger partial charge in [0.15, 0.2) is 0 Å². The molecule has 1 unspecified atom stereocenters. The lowest BCUT2D eigenvalue weighted by atomic mass is 10.1. The summed E-state index contributed by atoms with van der Waals surface area (Å²) in [6.07, 6.45) is 2.66. The van der Waals surface area contributed by atoms with Crippen LogP contribution in [0.25, 0.3) is 0 Å². The zero-order valence-electron chi connectivity index (χ0n) is 21.6. The molecule has 0 saturated heterocycles. The molecule has 0 aliphatic heterocycles. The van der Waals surface area contributed by atoms with Gasteiger partial charge in [-0.05, 0) is 55.7 Å². The number of carbonyl (C=O) groups excluding carboxylic acids is 3. The van der Waals surface area contributed by atoms with Crippen LogP contribution in [-0.2, 0) is 14.4 Å². The van der Waals surface area contributed by atoms with Gasteiger partial charge in [0, 0.05) is 36.8 Å². The van der Waals surface area contributed by atoms with E-state index in [1.165, 1.54) is 11.5 Å². The highest BCUT2D eigenvalue weighted by atomic mass is 19.1. The van der Waals surface area contributed by atoms with Gasteiger partial charge in [-0.1, -0.05) is 6.42 Å². The molecular weight excluding hydrogens is 549 g/mol. The lowest BCUT2D eigenvalue weighted by Crippen LogP contribution is -2.45. The van der Waals surface area contributed by atoms with Crippen LogP contribution in [0.15, 0.2) is 42.6 Å². The van der Waals surface area contributed by atoms with Gasteiger partial charge < -0.3 is 31.3 Å². The summed E-state index contributed by atoms with van der Waals surface area (Å²) in [7, 11) is 0. The molecule has 0 fully saturated rings. The number of carbonyl (C=O) groups is 6. The second-order valence-electron chi connectivity index (χ2n) is 8.27. The summed E-state index contributed by atoms with van der Waals surface area (Å²) < 4.78 is 12.8. The van der Waals surface area contributed by atoms with Gasteiger partial charge in [-0.15, -0.1) is 0 Å². The van der Waals surface area contributed by atoms with Gasteiger partial charge in [0.05, 0.1) is 5.56 Å². The summed E-state index contributed by atoms with van der Waals surface area (Å²) in [5, 5.41) is 40.7. The van der Waals surface area contributed by atoms with Gasteiger partial charge >= 0.3 is 23.9 Å². The first kappa shape index (κ1) is 33.9. The summed E-state index contributed by atoms with van der Waals surface area (Å²) in [6.45, 7) is 0.467. The number of carboxylic acid groups (broad SMARTS) is 3. The van der Waals surface area contributed by atoms with Gasteiger partial charge in [-0.2, -0.15) is 4.39 Å². The van der Waals surface area contributed by atoms with Crippen molar-refractivity contribution in [3.63, 3.8) is 0 Å². The fraction of sp³-hybridized carbons (Fsp3) is 0.320. The monoisotopic (exact) mass is 579 g/mol. The predicted octanol–water partition coefficient (Wildman–Crippen LogP) is 1.84. The Morgan fingerprint density at radius 3 is 1.98 bits per heavy atom. The summed E-state index contributed by atoms with van der Waals surface area (Å²) in [5.41, 5.74) is 2.34. The van der Waals surface area contributed by atoms with E-state index in [1.807, 2.05) is 5.32 Å². The molecule has 16 heteroatoms. The van der Waals surface area contributed by atoms with Crippen molar-refractivity contribution in [2.45, 2.75) is 44.6 Å². The number of urea groups is 1. The van der Waals surface area contributed by atoms with Crippen molar-refractivity contribution in [1.82, 2.24) is 21.1 Å². The summed E-state index contributed by atoms with van der Waals surface area (Å²) in [5.74, 6) is -4.68. The number of aromatic nitrogens is 1. The second-order valence-corrected chi connectivity index (χ2v) is 8.27. The quantitative estimate of drug-likeness (QED) is 0.0694. The second kappa shape index (κ2) is 18.2. The number of hydroxylamine groups is 1. The fourth-order valence-electron chi connectivity index (χ4n) is 3.02. The molecule has 1 atom stereocenters. The number of aliphatic carboxylic acids is 3. The average Bonchev–Trinajstić information content (AvgIpc) is 2.93. The largest absolute Gasteiger partial charge is 0.481 e. The van der Waals surface area contributed by atoms with Crippen LogP contribution < -0.4 is 21.4 Å². The van der Waals surface area contributed by atoms with Crippen molar-refractivity contribution in [3.8, 4) is 0 Å². The first-order chi connectivity index (χ1) is 19.4. The normalized spacial score (nSPS) is 10.7. The van der Waals surface area contributed by atoms with Gasteiger partial charge in [-0.25, -0.2) is 20.1 Å². The number of nitrogens with zero attached hydrogens (tertiary/aromatic N) is 1. The number of benzene rings is 1. The molecule has 1 aromatic carbocycles. The number of unbranched alkanes of at least 4 members (excludes halogenated alkanes) is 2. The molecule has 0 bridgehead atoms. The summed E-state index contributed by atoms with van der Waals surface area (Å²) in [6, 6.07) is 6.35. The Bertz CT molecular complexity index is 1190. The molecule has 0 spiro atoms. The molecule has 2 rings (SSSR count). The zero-order valence-corrected chi connectivity index (χ0v) is 21.6. The third-order valence-electron chi connectivity index (χ3n) is 5.10. The number of rotatable bonds is 14. The van der Waals surface area contributed by atoms with Crippen LogP contribution in [0.2, 0.25) is 0 Å². The van der Waals surface area contributed by atoms with Crippen molar-refractivity contribution in [1.29, 1.82) is 0 Å². The highest BCUT2D eigenvalue weighted by Gasteiger charge is 2.20. The molecule has 15 nitrogen and oxygen atoms in total. The van der Waals surface area contributed by atoms with Gasteiger partial charge in [0.25, 0.3) is 11.8 Å². The van der Waals surface area contributed by atoms with Crippen molar-refractivity contribution < 1.29 is 53.7 Å². The Labute approximate surface area is 232 Å². The van der Waals surface area contributed by atoms with E-state index >= 15 is 0 Å². The number of anilines is 1. The first-order valence-electron chi connectivity index (χ1n) is 12.1. The third-order valence-corrected chi connectivity index (χ3v) is 5.10. The molecule has 4 amide bonds. The van der Waals surface area contributed by atoms with Gasteiger partial charge in [-0.3, -0.25) is 24.4 Å². The maximum Gasteiger partial charge on any atom is 0.339 e. The number of hydrogen-bond acceptors (Lipinski definition) is 8. The molecule has 8 N–H and O–H groups in total. The molecule has 1 heterocycles. The van der Waals surface area contributed by atoms with Crippen LogP contribution in [0, 0.1) is 5.95 Å². The number of hydrogen-bond donors (Lipinski definition) is 8. The van der Waals surface area contributed by atoms with E-state index in [0.717, 1.165) is 18.7 Å². The van der Waals surface area contributed by atoms with E-state index < -0.39 is 41.8 Å². The number of pyridine rings is 1. The third kappa shape index (κ3) is 14.6. The first-order valence-corrected chi connectivity index (χ1v) is 12.1. The maximum absolute atomic E-state index is 12.8. The minimum Gasteiger partial charge on any atom is -0.481 e. The van der Waals surface area contributed by atoms with Gasteiger partial charge in [0.1, 0.15) is 6.04 Å². The van der Waals surface area contributed by atoms with E-state index in [9.17, 15) is 33.2 Å². The molecule has 0 aliphatic carbocycles. The maximum atomic E-state index is 12.8. The molecule has 0 saturated carbocycles. The minimum atomic E-state index is -1.37. The van der Waals surface area contributed by atoms with E-state index in [-0.39, 0.29) is 30.7 Å². The Balaban J connectivity index is 0.000000509. The Hall–Kier alpha value is -5.12. The Morgan fingerprint density at radius 1 is 0.805 bits per heavy atom. The smallest absolute Gasteiger partial charge is 0.339 e. The Kier molecular flexibility index (Phi) is 15.1. The standard InChI is InChI=1S/C19H20FN3O4.C6H10N2O6/c20-16-10-7-14(12-22-16)19(27)23-15-8-5-13(6-9-15)18(26)21-11-3-1-2-4-17(24)25;9-4(10)2-1-3(5(11)12)7-6(13)8-14/h5-10,12H,1-4,11H2,(H,21,26)(H,23,27)(H,24,25);3,14H,1-2H2,(H,9,10)(H,11,12)(H2,7,8,13). The molecule has 0 aliphatic rings. The molecule has 222 valence electrons. The molecule has 0 radical (unpaired) electrons. The zero-order chi connectivity index (χ0) is 30.8. The highest BCUT2D eigenvalue weighted by molar-refractivity contribution is 6.04. The van der Waals surface area contributed by atoms with E-state index in [1.54, 1.807) is 24.3 Å². The summed E-state index contributed by atoms with van der Waals surface area (Å²) >= 11 is 0. The minimum absolute atomic E-state index is 0.134. The topological polar surface area (TPSA) is 244 Å². The van der Waals surface area contributed by atoms with Crippen molar-refractivity contribution in [3.05, 3.63) is 59.7 Å². The lowest BCUT2D eigenvalue weighted by Gasteiger charge is -2.11. The fourth-order valence-corrected chi connectivity index (χ4v) is 3.02. The number of nitrogens with one attached hydrogen (secondary N) is 4. The summed E-state index contributed by atoms with van der Waals surface area (Å²) in [4.78, 5) is 68.9. The number of halogens is 1.